The third-order valence-electron chi connectivity index (χ3n) is 2.35. The maximum absolute atomic E-state index is 12.4. The van der Waals surface area contributed by atoms with E-state index in [9.17, 15) is 13.2 Å². The fraction of sp³-hybridized carbons (Fsp3) is 0.417. The highest BCUT2D eigenvalue weighted by Crippen LogP contribution is 2.31. The molecule has 0 N–H and O–H groups in total. The van der Waals surface area contributed by atoms with Crippen molar-refractivity contribution in [3.8, 4) is 6.07 Å². The molecule has 0 fully saturated rings. The molecule has 1 unspecified atom stereocenters. The first-order valence-corrected chi connectivity index (χ1v) is 5.05. The second-order valence-corrected chi connectivity index (χ2v) is 3.59. The summed E-state index contributed by atoms with van der Waals surface area (Å²) in [5, 5.41) is 8.87. The Hall–Kier alpha value is -1.21. The molecule has 0 saturated carbocycles. The third kappa shape index (κ3) is 4.27. The van der Waals surface area contributed by atoms with Crippen molar-refractivity contribution < 1.29 is 13.2 Å². The molecule has 0 amide bonds. The van der Waals surface area contributed by atoms with Crippen molar-refractivity contribution >= 4 is 12.4 Å². The molecule has 1 nitrogen and oxygen atoms in total. The van der Waals surface area contributed by atoms with Crippen LogP contribution in [0.4, 0.5) is 13.2 Å². The lowest BCUT2D eigenvalue weighted by Crippen LogP contribution is -2.06. The zero-order chi connectivity index (χ0) is 12.2. The Morgan fingerprint density at radius 1 is 1.35 bits per heavy atom. The van der Waals surface area contributed by atoms with Crippen LogP contribution in [0.2, 0.25) is 0 Å². The van der Waals surface area contributed by atoms with Crippen molar-refractivity contribution in [2.24, 2.45) is 0 Å². The second-order valence-electron chi connectivity index (χ2n) is 3.59. The van der Waals surface area contributed by atoms with Gasteiger partial charge >= 0.3 is 6.18 Å². The normalized spacial score (nSPS) is 12.4. The molecule has 1 aromatic rings. The first-order valence-electron chi connectivity index (χ1n) is 5.05. The molecule has 0 aliphatic rings. The topological polar surface area (TPSA) is 23.8 Å². The summed E-state index contributed by atoms with van der Waals surface area (Å²) in [7, 11) is 0. The smallest absolute Gasteiger partial charge is 0.198 e. The molecule has 17 heavy (non-hydrogen) atoms. The van der Waals surface area contributed by atoms with Gasteiger partial charge in [0.05, 0.1) is 17.6 Å². The Labute approximate surface area is 105 Å². The van der Waals surface area contributed by atoms with Crippen molar-refractivity contribution in [2.75, 3.05) is 0 Å². The van der Waals surface area contributed by atoms with E-state index in [2.05, 4.69) is 0 Å². The third-order valence-corrected chi connectivity index (χ3v) is 2.35. The first-order chi connectivity index (χ1) is 7.49. The quantitative estimate of drug-likeness (QED) is 0.786. The SMILES string of the molecule is CCCC(C#N)c1cccc(C(F)(F)F)c1.Cl. The molecule has 0 radical (unpaired) electrons. The van der Waals surface area contributed by atoms with E-state index in [0.717, 1.165) is 18.6 Å². The summed E-state index contributed by atoms with van der Waals surface area (Å²) in [6.45, 7) is 1.90. The van der Waals surface area contributed by atoms with E-state index in [4.69, 9.17) is 5.26 Å². The summed E-state index contributed by atoms with van der Waals surface area (Å²) >= 11 is 0. The van der Waals surface area contributed by atoms with Crippen LogP contribution in [0.15, 0.2) is 24.3 Å². The average molecular weight is 264 g/mol. The molecule has 0 saturated heterocycles. The number of nitrogens with zero attached hydrogens (tertiary/aromatic N) is 1. The first kappa shape index (κ1) is 15.8. The number of benzene rings is 1. The van der Waals surface area contributed by atoms with Gasteiger partial charge in [-0.3, -0.25) is 0 Å². The van der Waals surface area contributed by atoms with E-state index in [1.165, 1.54) is 6.07 Å². The van der Waals surface area contributed by atoms with Gasteiger partial charge in [0, 0.05) is 0 Å². The van der Waals surface area contributed by atoms with Crippen LogP contribution in [0.5, 0.6) is 0 Å². The van der Waals surface area contributed by atoms with Crippen LogP contribution in [0, 0.1) is 11.3 Å². The number of hydrogen-bond donors (Lipinski definition) is 0. The molecule has 0 spiro atoms. The molecule has 0 aromatic heterocycles. The van der Waals surface area contributed by atoms with Crippen molar-refractivity contribution in [1.82, 2.24) is 0 Å². The molecule has 0 aliphatic carbocycles. The Kier molecular flexibility index (Phi) is 6.04. The zero-order valence-electron chi connectivity index (χ0n) is 9.29. The summed E-state index contributed by atoms with van der Waals surface area (Å²) in [6, 6.07) is 7.02. The molecule has 94 valence electrons. The highest BCUT2D eigenvalue weighted by atomic mass is 35.5. The standard InChI is InChI=1S/C12H12F3N.ClH/c1-2-4-10(8-16)9-5-3-6-11(7-9)12(13,14)15;/h3,5-7,10H,2,4H2,1H3;1H. The summed E-state index contributed by atoms with van der Waals surface area (Å²) < 4.78 is 37.3. The summed E-state index contributed by atoms with van der Waals surface area (Å²) in [5.74, 6) is -0.452. The summed E-state index contributed by atoms with van der Waals surface area (Å²) in [5.41, 5.74) is -0.250. The zero-order valence-corrected chi connectivity index (χ0v) is 10.1. The van der Waals surface area contributed by atoms with Gasteiger partial charge in [-0.05, 0) is 18.1 Å². The van der Waals surface area contributed by atoms with Gasteiger partial charge in [0.25, 0.3) is 0 Å². The highest BCUT2D eigenvalue weighted by molar-refractivity contribution is 5.85. The predicted octanol–water partition coefficient (Wildman–Crippen LogP) is 4.53. The fourth-order valence-corrected chi connectivity index (χ4v) is 1.53. The lowest BCUT2D eigenvalue weighted by atomic mass is 9.94. The summed E-state index contributed by atoms with van der Waals surface area (Å²) in [6.07, 6.45) is -2.99. The lowest BCUT2D eigenvalue weighted by Gasteiger charge is -2.11. The number of hydrogen-bond acceptors (Lipinski definition) is 1. The van der Waals surface area contributed by atoms with Crippen molar-refractivity contribution in [2.45, 2.75) is 31.9 Å². The number of rotatable bonds is 3. The average Bonchev–Trinajstić information content (AvgIpc) is 2.25. The molecule has 5 heteroatoms. The van der Waals surface area contributed by atoms with Gasteiger partial charge in [-0.1, -0.05) is 31.5 Å². The molecule has 1 rings (SSSR count). The molecule has 0 heterocycles. The maximum Gasteiger partial charge on any atom is 0.416 e. The molecule has 0 aliphatic heterocycles. The van der Waals surface area contributed by atoms with Crippen LogP contribution in [-0.2, 0) is 6.18 Å². The van der Waals surface area contributed by atoms with Gasteiger partial charge in [-0.2, -0.15) is 18.4 Å². The van der Waals surface area contributed by atoms with Crippen molar-refractivity contribution in [3.63, 3.8) is 0 Å². The van der Waals surface area contributed by atoms with Crippen LogP contribution in [0.25, 0.3) is 0 Å². The van der Waals surface area contributed by atoms with Gasteiger partial charge < -0.3 is 0 Å². The molecular weight excluding hydrogens is 251 g/mol. The van der Waals surface area contributed by atoms with Crippen LogP contribution in [-0.4, -0.2) is 0 Å². The van der Waals surface area contributed by atoms with Crippen LogP contribution < -0.4 is 0 Å². The molecule has 0 bridgehead atoms. The molecular formula is C12H13ClF3N. The van der Waals surface area contributed by atoms with E-state index in [0.29, 0.717) is 12.0 Å². The Bertz CT molecular complexity index is 395. The minimum absolute atomic E-state index is 0. The number of halogens is 4. The van der Waals surface area contributed by atoms with Crippen LogP contribution >= 0.6 is 12.4 Å². The van der Waals surface area contributed by atoms with Crippen molar-refractivity contribution in [1.29, 1.82) is 5.26 Å². The van der Waals surface area contributed by atoms with Crippen molar-refractivity contribution in [3.05, 3.63) is 35.4 Å². The largest absolute Gasteiger partial charge is 0.416 e. The molecule has 1 atom stereocenters. The Morgan fingerprint density at radius 3 is 2.47 bits per heavy atom. The van der Waals surface area contributed by atoms with Crippen LogP contribution in [0.3, 0.4) is 0 Å². The number of alkyl halides is 3. The van der Waals surface area contributed by atoms with Gasteiger partial charge in [0.1, 0.15) is 0 Å². The fourth-order valence-electron chi connectivity index (χ4n) is 1.53. The Morgan fingerprint density at radius 2 is 2.00 bits per heavy atom. The second kappa shape index (κ2) is 6.51. The summed E-state index contributed by atoms with van der Waals surface area (Å²) in [4.78, 5) is 0. The minimum atomic E-state index is -4.35. The lowest BCUT2D eigenvalue weighted by molar-refractivity contribution is -0.137. The van der Waals surface area contributed by atoms with E-state index >= 15 is 0 Å². The minimum Gasteiger partial charge on any atom is -0.198 e. The van der Waals surface area contributed by atoms with E-state index in [-0.39, 0.29) is 12.4 Å². The maximum atomic E-state index is 12.4. The van der Waals surface area contributed by atoms with Gasteiger partial charge in [-0.25, -0.2) is 0 Å². The van der Waals surface area contributed by atoms with Crippen LogP contribution in [0.1, 0.15) is 36.8 Å². The highest BCUT2D eigenvalue weighted by Gasteiger charge is 2.30. The van der Waals surface area contributed by atoms with E-state index in [1.54, 1.807) is 6.07 Å². The van der Waals surface area contributed by atoms with Gasteiger partial charge in [-0.15, -0.1) is 12.4 Å². The predicted molar refractivity (Wildman–Crippen MR) is 62.0 cm³/mol. The number of nitriles is 1. The molecule has 1 aromatic carbocycles. The monoisotopic (exact) mass is 263 g/mol. The Balaban J connectivity index is 0.00000256. The van der Waals surface area contributed by atoms with E-state index < -0.39 is 17.7 Å². The van der Waals surface area contributed by atoms with E-state index in [1.807, 2.05) is 13.0 Å². The van der Waals surface area contributed by atoms with Gasteiger partial charge in [0.15, 0.2) is 0 Å². The van der Waals surface area contributed by atoms with Gasteiger partial charge in [0.2, 0.25) is 0 Å².